The summed E-state index contributed by atoms with van der Waals surface area (Å²) in [6.07, 6.45) is 3.54. The van der Waals surface area contributed by atoms with E-state index in [2.05, 4.69) is 15.6 Å². The Kier molecular flexibility index (Phi) is 4.58. The van der Waals surface area contributed by atoms with E-state index in [0.717, 1.165) is 18.4 Å². The van der Waals surface area contributed by atoms with E-state index in [-0.39, 0.29) is 17.9 Å². The number of aromatic nitrogens is 3. The second-order valence-corrected chi connectivity index (χ2v) is 6.84. The molecule has 0 unspecified atom stereocenters. The summed E-state index contributed by atoms with van der Waals surface area (Å²) in [5.74, 6) is -0.258. The van der Waals surface area contributed by atoms with Crippen molar-refractivity contribution < 1.29 is 9.59 Å². The van der Waals surface area contributed by atoms with Gasteiger partial charge in [0, 0.05) is 30.9 Å². The van der Waals surface area contributed by atoms with Crippen molar-refractivity contribution in [2.45, 2.75) is 25.8 Å². The predicted molar refractivity (Wildman–Crippen MR) is 101 cm³/mol. The number of nitrogens with zero attached hydrogens (tertiary/aromatic N) is 4. The van der Waals surface area contributed by atoms with Gasteiger partial charge in [-0.1, -0.05) is 29.0 Å². The first-order chi connectivity index (χ1) is 13.1. The second kappa shape index (κ2) is 7.19. The van der Waals surface area contributed by atoms with Gasteiger partial charge in [-0.05, 0) is 44.0 Å². The molecule has 1 saturated heterocycles. The van der Waals surface area contributed by atoms with E-state index in [1.165, 1.54) is 0 Å². The number of amides is 2. The molecule has 1 aromatic carbocycles. The van der Waals surface area contributed by atoms with Crippen molar-refractivity contribution in [1.29, 1.82) is 0 Å². The first kappa shape index (κ1) is 17.2. The van der Waals surface area contributed by atoms with E-state index < -0.39 is 0 Å². The van der Waals surface area contributed by atoms with Crippen LogP contribution in [-0.2, 0) is 0 Å². The monoisotopic (exact) mass is 363 g/mol. The van der Waals surface area contributed by atoms with Crippen LogP contribution in [0.15, 0.2) is 48.7 Å². The smallest absolute Gasteiger partial charge is 0.277 e. The van der Waals surface area contributed by atoms with E-state index in [9.17, 15) is 9.59 Å². The number of pyridine rings is 1. The fraction of sp³-hybridized carbons (Fsp3) is 0.300. The highest BCUT2D eigenvalue weighted by Crippen LogP contribution is 2.21. The summed E-state index contributed by atoms with van der Waals surface area (Å²) in [6.45, 7) is 3.07. The number of hydrogen-bond acceptors (Lipinski definition) is 4. The Balaban J connectivity index is 1.45. The SMILES string of the molecule is Cc1ccc(C(=O)NC[C@@H]2CCCN2C(=O)c2nnn3ccccc23)cc1. The molecule has 2 aromatic heterocycles. The van der Waals surface area contributed by atoms with Gasteiger partial charge in [0.25, 0.3) is 11.8 Å². The maximum absolute atomic E-state index is 13.0. The minimum Gasteiger partial charge on any atom is -0.350 e. The molecule has 138 valence electrons. The molecule has 27 heavy (non-hydrogen) atoms. The minimum atomic E-state index is -0.136. The van der Waals surface area contributed by atoms with Gasteiger partial charge in [-0.3, -0.25) is 9.59 Å². The van der Waals surface area contributed by atoms with Crippen LogP contribution in [0.5, 0.6) is 0 Å². The highest BCUT2D eigenvalue weighted by Gasteiger charge is 2.32. The van der Waals surface area contributed by atoms with Gasteiger partial charge in [0.15, 0.2) is 5.69 Å². The number of hydrogen-bond donors (Lipinski definition) is 1. The molecular weight excluding hydrogens is 342 g/mol. The van der Waals surface area contributed by atoms with Gasteiger partial charge < -0.3 is 10.2 Å². The third-order valence-electron chi connectivity index (χ3n) is 4.98. The molecule has 1 N–H and O–H groups in total. The first-order valence-corrected chi connectivity index (χ1v) is 9.09. The molecule has 1 fully saturated rings. The average molecular weight is 363 g/mol. The molecule has 0 saturated carbocycles. The van der Waals surface area contributed by atoms with E-state index in [4.69, 9.17) is 0 Å². The first-order valence-electron chi connectivity index (χ1n) is 9.09. The third kappa shape index (κ3) is 3.40. The molecule has 3 aromatic rings. The molecule has 7 heteroatoms. The average Bonchev–Trinajstić information content (AvgIpc) is 3.33. The molecular formula is C20H21N5O2. The summed E-state index contributed by atoms with van der Waals surface area (Å²) in [7, 11) is 0. The normalized spacial score (nSPS) is 16.6. The summed E-state index contributed by atoms with van der Waals surface area (Å²) in [6, 6.07) is 12.9. The van der Waals surface area contributed by atoms with Crippen molar-refractivity contribution in [1.82, 2.24) is 25.0 Å². The molecule has 1 atom stereocenters. The number of aryl methyl sites for hydroxylation is 1. The van der Waals surface area contributed by atoms with Crippen LogP contribution in [0.25, 0.3) is 5.52 Å². The van der Waals surface area contributed by atoms with Crippen LogP contribution < -0.4 is 5.32 Å². The van der Waals surface area contributed by atoms with Gasteiger partial charge in [0.05, 0.1) is 5.52 Å². The molecule has 4 rings (SSSR count). The molecule has 0 bridgehead atoms. The van der Waals surface area contributed by atoms with Crippen LogP contribution >= 0.6 is 0 Å². The van der Waals surface area contributed by atoms with Gasteiger partial charge >= 0.3 is 0 Å². The van der Waals surface area contributed by atoms with Gasteiger partial charge in [0.1, 0.15) is 0 Å². The third-order valence-corrected chi connectivity index (χ3v) is 4.98. The zero-order valence-corrected chi connectivity index (χ0v) is 15.1. The Morgan fingerprint density at radius 1 is 1.19 bits per heavy atom. The van der Waals surface area contributed by atoms with Crippen molar-refractivity contribution in [2.24, 2.45) is 0 Å². The predicted octanol–water partition coefficient (Wildman–Crippen LogP) is 2.07. The number of likely N-dealkylation sites (tertiary alicyclic amines) is 1. The summed E-state index contributed by atoms with van der Waals surface area (Å²) in [4.78, 5) is 27.1. The Morgan fingerprint density at radius 3 is 2.81 bits per heavy atom. The number of carbonyl (C=O) groups is 2. The number of benzene rings is 1. The summed E-state index contributed by atoms with van der Waals surface area (Å²) in [5.41, 5.74) is 2.78. The fourth-order valence-corrected chi connectivity index (χ4v) is 3.47. The lowest BCUT2D eigenvalue weighted by molar-refractivity contribution is 0.0721. The van der Waals surface area contributed by atoms with E-state index >= 15 is 0 Å². The van der Waals surface area contributed by atoms with Crippen LogP contribution in [-0.4, -0.2) is 50.7 Å². The Morgan fingerprint density at radius 2 is 2.00 bits per heavy atom. The quantitative estimate of drug-likeness (QED) is 0.770. The molecule has 1 aliphatic rings. The molecule has 3 heterocycles. The number of rotatable bonds is 4. The maximum Gasteiger partial charge on any atom is 0.277 e. The lowest BCUT2D eigenvalue weighted by atomic mass is 10.1. The van der Waals surface area contributed by atoms with E-state index in [0.29, 0.717) is 29.9 Å². The van der Waals surface area contributed by atoms with Gasteiger partial charge in [-0.15, -0.1) is 5.10 Å². The number of nitrogens with one attached hydrogen (secondary N) is 1. The lowest BCUT2D eigenvalue weighted by Crippen LogP contribution is -2.43. The molecule has 7 nitrogen and oxygen atoms in total. The molecule has 1 aliphatic heterocycles. The minimum absolute atomic E-state index is 0.0349. The Labute approximate surface area is 157 Å². The van der Waals surface area contributed by atoms with Crippen LogP contribution in [0.4, 0.5) is 0 Å². The van der Waals surface area contributed by atoms with Crippen molar-refractivity contribution in [3.05, 3.63) is 65.5 Å². The summed E-state index contributed by atoms with van der Waals surface area (Å²) >= 11 is 0. The highest BCUT2D eigenvalue weighted by atomic mass is 16.2. The molecule has 0 aliphatic carbocycles. The van der Waals surface area contributed by atoms with Crippen molar-refractivity contribution in [3.8, 4) is 0 Å². The van der Waals surface area contributed by atoms with Crippen molar-refractivity contribution >= 4 is 17.3 Å². The Bertz CT molecular complexity index is 979. The summed E-state index contributed by atoms with van der Waals surface area (Å²) in [5, 5.41) is 11.0. The van der Waals surface area contributed by atoms with Crippen molar-refractivity contribution in [2.75, 3.05) is 13.1 Å². The van der Waals surface area contributed by atoms with Gasteiger partial charge in [0.2, 0.25) is 0 Å². The van der Waals surface area contributed by atoms with Crippen LogP contribution in [0.2, 0.25) is 0 Å². The topological polar surface area (TPSA) is 79.6 Å². The largest absolute Gasteiger partial charge is 0.350 e. The zero-order valence-electron chi connectivity index (χ0n) is 15.1. The van der Waals surface area contributed by atoms with E-state index in [1.54, 1.807) is 15.6 Å². The maximum atomic E-state index is 13.0. The molecule has 0 radical (unpaired) electrons. The number of fused-ring (bicyclic) bond motifs is 1. The van der Waals surface area contributed by atoms with E-state index in [1.807, 2.05) is 49.4 Å². The highest BCUT2D eigenvalue weighted by molar-refractivity contribution is 5.99. The second-order valence-electron chi connectivity index (χ2n) is 6.84. The number of carbonyl (C=O) groups excluding carboxylic acids is 2. The van der Waals surface area contributed by atoms with Gasteiger partial charge in [-0.25, -0.2) is 4.52 Å². The van der Waals surface area contributed by atoms with Crippen LogP contribution in [0, 0.1) is 6.92 Å². The standard InChI is InChI=1S/C20H21N5O2/c1-14-7-9-15(10-8-14)19(26)21-13-16-5-4-11-24(16)20(27)18-17-6-2-3-12-25(17)23-22-18/h2-3,6-10,12,16H,4-5,11,13H2,1H3,(H,21,26)/t16-/m0/s1. The molecule has 2 amide bonds. The molecule has 0 spiro atoms. The van der Waals surface area contributed by atoms with Crippen LogP contribution in [0.1, 0.15) is 39.3 Å². The Hall–Kier alpha value is -3.22. The van der Waals surface area contributed by atoms with Crippen LogP contribution in [0.3, 0.4) is 0 Å². The lowest BCUT2D eigenvalue weighted by Gasteiger charge is -2.24. The zero-order chi connectivity index (χ0) is 18.8. The summed E-state index contributed by atoms with van der Waals surface area (Å²) < 4.78 is 1.59. The van der Waals surface area contributed by atoms with Crippen molar-refractivity contribution in [3.63, 3.8) is 0 Å². The van der Waals surface area contributed by atoms with Gasteiger partial charge in [-0.2, -0.15) is 0 Å². The fourth-order valence-electron chi connectivity index (χ4n) is 3.47.